The first kappa shape index (κ1) is 65.5. The van der Waals surface area contributed by atoms with Gasteiger partial charge in [-0.15, -0.1) is 0 Å². The fourth-order valence-corrected chi connectivity index (χ4v) is 15.1. The van der Waals surface area contributed by atoms with Crippen molar-refractivity contribution in [1.29, 1.82) is 0 Å². The van der Waals surface area contributed by atoms with Crippen molar-refractivity contribution in [2.24, 2.45) is 0 Å². The first-order chi connectivity index (χ1) is 51.2. The predicted molar refractivity (Wildman–Crippen MR) is 440 cm³/mol. The van der Waals surface area contributed by atoms with Gasteiger partial charge in [0.1, 0.15) is 22.6 Å². The van der Waals surface area contributed by atoms with Crippen LogP contribution in [0, 0.1) is 0 Å². The van der Waals surface area contributed by atoms with Crippen LogP contribution in [0.3, 0.4) is 0 Å². The molecule has 0 spiro atoms. The minimum atomic E-state index is 0.540. The lowest BCUT2D eigenvalue weighted by Gasteiger charge is -2.10. The van der Waals surface area contributed by atoms with Crippen molar-refractivity contribution in [2.45, 2.75) is 0 Å². The SMILES string of the molecule is Brc1ccc2c(c1)c1cccnc1n2-c1ccc(-c2ccccc2)cc1.Brc1ccc2c(c1)c1cccnc1n2-c1cccc(-c2ccccc2)c1.Brc1ccc2c(c1)c1cccnc1n2-c1ccccc1.Brc1ccc2c(c1)c1cccnc1n2-c1nc(-c2ccccc2)nc(-c2ccccc2)n1. The highest BCUT2D eigenvalue weighted by Gasteiger charge is 2.21. The molecule has 0 bridgehead atoms. The summed E-state index contributed by atoms with van der Waals surface area (Å²) in [6, 6.07) is 110. The zero-order valence-electron chi connectivity index (χ0n) is 55.3. The summed E-state index contributed by atoms with van der Waals surface area (Å²) in [5.74, 6) is 1.79. The number of fused-ring (bicyclic) bond motifs is 12. The smallest absolute Gasteiger partial charge is 0.240 e. The summed E-state index contributed by atoms with van der Waals surface area (Å²) in [6.07, 6.45) is 7.35. The van der Waals surface area contributed by atoms with Crippen LogP contribution in [0.25, 0.3) is 156 Å². The Morgan fingerprint density at radius 1 is 0.202 bits per heavy atom. The average Bonchev–Trinajstić information content (AvgIpc) is 1.62. The summed E-state index contributed by atoms with van der Waals surface area (Å²) in [6.45, 7) is 0. The fourth-order valence-electron chi connectivity index (χ4n) is 13.6. The van der Waals surface area contributed by atoms with Gasteiger partial charge in [-0.25, -0.2) is 24.9 Å². The Bertz CT molecular complexity index is 6470. The normalized spacial score (nSPS) is 11.3. The van der Waals surface area contributed by atoms with E-state index in [0.717, 1.165) is 107 Å². The van der Waals surface area contributed by atoms with E-state index in [1.54, 1.807) is 6.20 Å². The molecule has 0 N–H and O–H groups in total. The summed E-state index contributed by atoms with van der Waals surface area (Å²) in [5, 5.41) is 9.25. The summed E-state index contributed by atoms with van der Waals surface area (Å²) in [4.78, 5) is 33.1. The number of hydrogen-bond donors (Lipinski definition) is 0. The molecule has 0 aliphatic heterocycles. The molecule has 9 heterocycles. The van der Waals surface area contributed by atoms with Crippen LogP contribution in [0.1, 0.15) is 0 Å². The average molecular weight is 1600 g/mol. The maximum Gasteiger partial charge on any atom is 0.240 e. The summed E-state index contributed by atoms with van der Waals surface area (Å²) in [5.41, 5.74) is 18.3. The molecule has 20 rings (SSSR count). The molecule has 0 saturated carbocycles. The lowest BCUT2D eigenvalue weighted by molar-refractivity contribution is 0.944. The number of benzene rings is 11. The zero-order valence-corrected chi connectivity index (χ0v) is 61.7. The van der Waals surface area contributed by atoms with E-state index in [0.29, 0.717) is 17.6 Å². The fraction of sp³-hybridized carbons (Fsp3) is 0. The quantitative estimate of drug-likeness (QED) is 0.149. The summed E-state index contributed by atoms with van der Waals surface area (Å²) in [7, 11) is 0. The minimum Gasteiger partial charge on any atom is -0.294 e. The molecular weight excluding hydrogens is 1540 g/mol. The Hall–Kier alpha value is -11.9. The number of aromatic nitrogens is 11. The van der Waals surface area contributed by atoms with Gasteiger partial charge < -0.3 is 0 Å². The van der Waals surface area contributed by atoms with Gasteiger partial charge in [0.15, 0.2) is 11.6 Å². The third-order valence-corrected chi connectivity index (χ3v) is 20.3. The number of hydrogen-bond acceptors (Lipinski definition) is 7. The van der Waals surface area contributed by atoms with Crippen LogP contribution < -0.4 is 0 Å². The number of halogens is 4. The van der Waals surface area contributed by atoms with Gasteiger partial charge in [-0.2, -0.15) is 9.97 Å². The third-order valence-electron chi connectivity index (χ3n) is 18.3. The van der Waals surface area contributed by atoms with Gasteiger partial charge in [0.2, 0.25) is 5.95 Å². The molecule has 15 heteroatoms. The molecule has 0 amide bonds. The highest BCUT2D eigenvalue weighted by atomic mass is 79.9. The first-order valence-corrected chi connectivity index (χ1v) is 36.8. The van der Waals surface area contributed by atoms with Gasteiger partial charge >= 0.3 is 0 Å². The van der Waals surface area contributed by atoms with E-state index in [-0.39, 0.29) is 0 Å². The van der Waals surface area contributed by atoms with Gasteiger partial charge in [0, 0.05) is 114 Å². The molecule has 0 saturated heterocycles. The lowest BCUT2D eigenvalue weighted by atomic mass is 10.1. The van der Waals surface area contributed by atoms with Gasteiger partial charge in [-0.1, -0.05) is 228 Å². The van der Waals surface area contributed by atoms with Crippen molar-refractivity contribution in [3.63, 3.8) is 0 Å². The first-order valence-electron chi connectivity index (χ1n) is 33.7. The van der Waals surface area contributed by atoms with Crippen molar-refractivity contribution in [3.8, 4) is 68.0 Å². The molecule has 11 nitrogen and oxygen atoms in total. The van der Waals surface area contributed by atoms with Gasteiger partial charge in [-0.3, -0.25) is 18.3 Å². The summed E-state index contributed by atoms with van der Waals surface area (Å²) < 4.78 is 12.9. The summed E-state index contributed by atoms with van der Waals surface area (Å²) >= 11 is 14.3. The van der Waals surface area contributed by atoms with Crippen molar-refractivity contribution >= 4 is 151 Å². The second kappa shape index (κ2) is 28.9. The van der Waals surface area contributed by atoms with Crippen molar-refractivity contribution in [1.82, 2.24) is 53.2 Å². The van der Waals surface area contributed by atoms with E-state index >= 15 is 0 Å². The monoisotopic (exact) mass is 1600 g/mol. The highest BCUT2D eigenvalue weighted by molar-refractivity contribution is 9.11. The van der Waals surface area contributed by atoms with E-state index in [2.05, 4.69) is 310 Å². The van der Waals surface area contributed by atoms with Crippen LogP contribution in [0.2, 0.25) is 0 Å². The van der Waals surface area contributed by atoms with E-state index in [1.807, 2.05) is 132 Å². The molecule has 11 aromatic carbocycles. The van der Waals surface area contributed by atoms with Crippen molar-refractivity contribution in [2.75, 3.05) is 0 Å². The lowest BCUT2D eigenvalue weighted by Crippen LogP contribution is -2.06. The van der Waals surface area contributed by atoms with E-state index in [4.69, 9.17) is 15.0 Å². The molecule has 0 aliphatic rings. The molecule has 0 aliphatic carbocycles. The Balaban J connectivity index is 0.000000104. The van der Waals surface area contributed by atoms with Gasteiger partial charge in [-0.05, 0) is 180 Å². The number of pyridine rings is 4. The topological polar surface area (TPSA) is 110 Å². The van der Waals surface area contributed by atoms with Crippen molar-refractivity contribution < 1.29 is 0 Å². The number of nitrogens with zero attached hydrogens (tertiary/aromatic N) is 11. The zero-order chi connectivity index (χ0) is 70.0. The molecule has 0 unspecified atom stereocenters. The van der Waals surface area contributed by atoms with Crippen LogP contribution in [0.4, 0.5) is 0 Å². The van der Waals surface area contributed by atoms with Crippen LogP contribution in [-0.4, -0.2) is 53.2 Å². The molecule has 104 heavy (non-hydrogen) atoms. The van der Waals surface area contributed by atoms with Gasteiger partial charge in [0.05, 0.1) is 22.1 Å². The molecule has 496 valence electrons. The molecule has 0 radical (unpaired) electrons. The molecule has 9 aromatic heterocycles. The second-order valence-electron chi connectivity index (χ2n) is 24.7. The predicted octanol–water partition coefficient (Wildman–Crippen LogP) is 24.6. The number of rotatable bonds is 8. The second-order valence-corrected chi connectivity index (χ2v) is 28.3. The van der Waals surface area contributed by atoms with Crippen LogP contribution in [0.15, 0.2) is 364 Å². The highest BCUT2D eigenvalue weighted by Crippen LogP contribution is 2.38. The Labute approximate surface area is 631 Å². The van der Waals surface area contributed by atoms with Crippen LogP contribution >= 0.6 is 63.7 Å². The Kier molecular flexibility index (Phi) is 18.2. The van der Waals surface area contributed by atoms with E-state index in [9.17, 15) is 0 Å². The van der Waals surface area contributed by atoms with Crippen molar-refractivity contribution in [3.05, 3.63) is 364 Å². The molecule has 20 aromatic rings. The van der Waals surface area contributed by atoms with Crippen LogP contribution in [-0.2, 0) is 0 Å². The standard InChI is InChI=1S/C26H16BrN5.2C23H15BrN2.C17H11BrN2/c27-19-13-14-22-21(16-19)20-12-7-15-28-25(20)32(22)26-30-23(17-8-3-1-4-9-17)29-24(31-26)18-10-5-2-6-11-18;24-18-11-12-22-21(15-18)20-10-5-13-25-23(20)26(22)19-9-4-8-17(14-19)16-6-2-1-3-7-16;24-18-10-13-22-21(15-18)20-7-4-14-25-23(20)26(22)19-11-8-17(9-12-19)16-5-2-1-3-6-16;18-12-8-9-16-15(11-12)14-7-4-10-19-17(14)20(16)13-5-2-1-3-6-13/h1-16H;2*1-15H;1-11H. The minimum absolute atomic E-state index is 0.540. The molecule has 0 fully saturated rings. The Morgan fingerprint density at radius 2 is 0.500 bits per heavy atom. The molecule has 0 atom stereocenters. The maximum atomic E-state index is 4.88. The van der Waals surface area contributed by atoms with E-state index in [1.165, 1.54) is 49.3 Å². The number of para-hydroxylation sites is 1. The largest absolute Gasteiger partial charge is 0.294 e. The third kappa shape index (κ3) is 12.8. The van der Waals surface area contributed by atoms with Crippen LogP contribution in [0.5, 0.6) is 0 Å². The van der Waals surface area contributed by atoms with E-state index < -0.39 is 0 Å². The van der Waals surface area contributed by atoms with Gasteiger partial charge in [0.25, 0.3) is 0 Å². The molecular formula is C89H57Br4N11. The maximum absolute atomic E-state index is 4.88. The Morgan fingerprint density at radius 3 is 0.894 bits per heavy atom.